The highest BCUT2D eigenvalue weighted by atomic mass is 79.9. The summed E-state index contributed by atoms with van der Waals surface area (Å²) in [5, 5.41) is 2.82. The summed E-state index contributed by atoms with van der Waals surface area (Å²) in [6.45, 7) is 3.65. The second-order valence-corrected chi connectivity index (χ2v) is 8.85. The van der Waals surface area contributed by atoms with E-state index in [4.69, 9.17) is 4.74 Å². The van der Waals surface area contributed by atoms with Crippen LogP contribution in [-0.4, -0.2) is 10.5 Å². The highest BCUT2D eigenvalue weighted by molar-refractivity contribution is 9.10. The quantitative estimate of drug-likeness (QED) is 0.271. The SMILES string of the molecule is Cc1cc(C(=O)Nc2cccc(OCc3ccccc3Br)c2)c(C)n1-c1ccccc1C(F)(F)F. The van der Waals surface area contributed by atoms with Crippen molar-refractivity contribution < 1.29 is 22.7 Å². The zero-order chi connectivity index (χ0) is 25.2. The molecule has 1 aromatic heterocycles. The predicted molar refractivity (Wildman–Crippen MR) is 133 cm³/mol. The second kappa shape index (κ2) is 10.00. The Bertz CT molecular complexity index is 1380. The van der Waals surface area contributed by atoms with Gasteiger partial charge in [-0.25, -0.2) is 0 Å². The maximum absolute atomic E-state index is 13.6. The van der Waals surface area contributed by atoms with Gasteiger partial charge in [-0.05, 0) is 50.2 Å². The van der Waals surface area contributed by atoms with E-state index in [0.29, 0.717) is 35.0 Å². The Labute approximate surface area is 209 Å². The van der Waals surface area contributed by atoms with Crippen molar-refractivity contribution in [1.82, 2.24) is 4.57 Å². The third-order valence-corrected chi connectivity index (χ3v) is 6.34. The molecule has 1 amide bonds. The van der Waals surface area contributed by atoms with Crippen LogP contribution >= 0.6 is 15.9 Å². The number of carbonyl (C=O) groups excluding carboxylic acids is 1. The molecule has 4 rings (SSSR count). The van der Waals surface area contributed by atoms with Crippen molar-refractivity contribution in [3.05, 3.63) is 111 Å². The fourth-order valence-electron chi connectivity index (χ4n) is 3.91. The normalized spacial score (nSPS) is 11.4. The van der Waals surface area contributed by atoms with Gasteiger partial charge in [-0.15, -0.1) is 0 Å². The van der Waals surface area contributed by atoms with Crippen LogP contribution in [0.25, 0.3) is 5.69 Å². The summed E-state index contributed by atoms with van der Waals surface area (Å²) in [5.74, 6) is 0.153. The number of aromatic nitrogens is 1. The van der Waals surface area contributed by atoms with Gasteiger partial charge in [0.25, 0.3) is 5.91 Å². The minimum Gasteiger partial charge on any atom is -0.489 e. The van der Waals surface area contributed by atoms with Gasteiger partial charge in [0.05, 0.1) is 16.8 Å². The van der Waals surface area contributed by atoms with E-state index in [-0.39, 0.29) is 5.69 Å². The number of amides is 1. The van der Waals surface area contributed by atoms with Crippen molar-refractivity contribution in [1.29, 1.82) is 0 Å². The van der Waals surface area contributed by atoms with Gasteiger partial charge < -0.3 is 14.6 Å². The number of para-hydroxylation sites is 1. The number of ether oxygens (including phenoxy) is 1. The van der Waals surface area contributed by atoms with E-state index in [0.717, 1.165) is 16.1 Å². The van der Waals surface area contributed by atoms with E-state index < -0.39 is 17.6 Å². The maximum atomic E-state index is 13.6. The first kappa shape index (κ1) is 24.6. The summed E-state index contributed by atoms with van der Waals surface area (Å²) in [7, 11) is 0. The molecule has 0 saturated heterocycles. The molecule has 0 spiro atoms. The van der Waals surface area contributed by atoms with E-state index in [1.807, 2.05) is 24.3 Å². The molecule has 1 N–H and O–H groups in total. The molecule has 35 heavy (non-hydrogen) atoms. The van der Waals surface area contributed by atoms with Crippen LogP contribution in [0.4, 0.5) is 18.9 Å². The van der Waals surface area contributed by atoms with Crippen LogP contribution in [0.2, 0.25) is 0 Å². The van der Waals surface area contributed by atoms with Crippen LogP contribution in [0.1, 0.15) is 32.9 Å². The Morgan fingerprint density at radius 1 is 0.971 bits per heavy atom. The fourth-order valence-corrected chi connectivity index (χ4v) is 4.31. The maximum Gasteiger partial charge on any atom is 0.418 e. The lowest BCUT2D eigenvalue weighted by Crippen LogP contribution is -2.15. The number of alkyl halides is 3. The highest BCUT2D eigenvalue weighted by Crippen LogP contribution is 2.35. The van der Waals surface area contributed by atoms with Crippen molar-refractivity contribution >= 4 is 27.5 Å². The van der Waals surface area contributed by atoms with Crippen molar-refractivity contribution in [2.24, 2.45) is 0 Å². The van der Waals surface area contributed by atoms with E-state index in [9.17, 15) is 18.0 Å². The van der Waals surface area contributed by atoms with Gasteiger partial charge in [0.15, 0.2) is 0 Å². The molecule has 3 aromatic carbocycles. The molecule has 4 aromatic rings. The number of nitrogens with zero attached hydrogens (tertiary/aromatic N) is 1. The Kier molecular flexibility index (Phi) is 7.03. The summed E-state index contributed by atoms with van der Waals surface area (Å²) >= 11 is 3.49. The first-order chi connectivity index (χ1) is 16.6. The van der Waals surface area contributed by atoms with Crippen LogP contribution in [0.5, 0.6) is 5.75 Å². The predicted octanol–water partition coefficient (Wildman–Crippen LogP) is 7.71. The van der Waals surface area contributed by atoms with Crippen LogP contribution in [0, 0.1) is 13.8 Å². The zero-order valence-corrected chi connectivity index (χ0v) is 20.6. The van der Waals surface area contributed by atoms with Crippen LogP contribution in [0.15, 0.2) is 83.3 Å². The van der Waals surface area contributed by atoms with Gasteiger partial charge in [0, 0.05) is 33.2 Å². The molecule has 0 aliphatic carbocycles. The minimum absolute atomic E-state index is 0.0171. The van der Waals surface area contributed by atoms with Crippen molar-refractivity contribution in [2.75, 3.05) is 5.32 Å². The molecule has 4 nitrogen and oxygen atoms in total. The molecule has 0 unspecified atom stereocenters. The van der Waals surface area contributed by atoms with E-state index in [2.05, 4.69) is 21.2 Å². The molecule has 180 valence electrons. The monoisotopic (exact) mass is 542 g/mol. The largest absolute Gasteiger partial charge is 0.489 e. The first-order valence-electron chi connectivity index (χ1n) is 10.8. The number of hydrogen-bond acceptors (Lipinski definition) is 2. The summed E-state index contributed by atoms with van der Waals surface area (Å²) in [5.41, 5.74) is 1.95. The third kappa shape index (κ3) is 5.43. The number of carbonyl (C=O) groups is 1. The van der Waals surface area contributed by atoms with Crippen LogP contribution in [-0.2, 0) is 12.8 Å². The van der Waals surface area contributed by atoms with E-state index in [1.54, 1.807) is 50.2 Å². The smallest absolute Gasteiger partial charge is 0.418 e. The minimum atomic E-state index is -4.52. The molecule has 0 saturated carbocycles. The molecule has 0 atom stereocenters. The van der Waals surface area contributed by atoms with Gasteiger partial charge >= 0.3 is 6.18 Å². The number of anilines is 1. The van der Waals surface area contributed by atoms with Gasteiger partial charge in [-0.3, -0.25) is 4.79 Å². The summed E-state index contributed by atoms with van der Waals surface area (Å²) in [6.07, 6.45) is -4.52. The number of halogens is 4. The topological polar surface area (TPSA) is 43.3 Å². The summed E-state index contributed by atoms with van der Waals surface area (Å²) in [4.78, 5) is 13.1. The third-order valence-electron chi connectivity index (χ3n) is 5.57. The van der Waals surface area contributed by atoms with Crippen LogP contribution in [0.3, 0.4) is 0 Å². The average molecular weight is 543 g/mol. The number of hydrogen-bond donors (Lipinski definition) is 1. The van der Waals surface area contributed by atoms with Crippen molar-refractivity contribution in [3.63, 3.8) is 0 Å². The lowest BCUT2D eigenvalue weighted by Gasteiger charge is -2.17. The zero-order valence-electron chi connectivity index (χ0n) is 19.0. The Hall–Kier alpha value is -3.52. The molecule has 8 heteroatoms. The Morgan fingerprint density at radius 3 is 2.43 bits per heavy atom. The second-order valence-electron chi connectivity index (χ2n) is 8.00. The average Bonchev–Trinajstić information content (AvgIpc) is 3.12. The Balaban J connectivity index is 1.55. The number of rotatable bonds is 6. The molecule has 0 aliphatic heterocycles. The molecule has 0 bridgehead atoms. The van der Waals surface area contributed by atoms with Gasteiger partial charge in [0.2, 0.25) is 0 Å². The standard InChI is InChI=1S/C27H22BrF3N2O2/c1-17-14-22(18(2)33(17)25-13-6-4-11-23(25)27(29,30)31)26(34)32-20-9-7-10-21(15-20)35-16-19-8-3-5-12-24(19)28/h3-15H,16H2,1-2H3,(H,32,34). The van der Waals surface area contributed by atoms with Crippen molar-refractivity contribution in [3.8, 4) is 11.4 Å². The lowest BCUT2D eigenvalue weighted by atomic mass is 10.1. The Morgan fingerprint density at radius 2 is 1.69 bits per heavy atom. The highest BCUT2D eigenvalue weighted by Gasteiger charge is 2.34. The van der Waals surface area contributed by atoms with Crippen molar-refractivity contribution in [2.45, 2.75) is 26.6 Å². The van der Waals surface area contributed by atoms with E-state index in [1.165, 1.54) is 16.7 Å². The molecule has 0 fully saturated rings. The molecule has 1 heterocycles. The number of aryl methyl sites for hydroxylation is 1. The van der Waals surface area contributed by atoms with Gasteiger partial charge in [0.1, 0.15) is 12.4 Å². The lowest BCUT2D eigenvalue weighted by molar-refractivity contribution is -0.137. The molecule has 0 aliphatic rings. The van der Waals surface area contributed by atoms with Gasteiger partial charge in [-0.1, -0.05) is 52.3 Å². The fraction of sp³-hybridized carbons (Fsp3) is 0.148. The van der Waals surface area contributed by atoms with E-state index >= 15 is 0 Å². The number of nitrogens with one attached hydrogen (secondary N) is 1. The molecule has 0 radical (unpaired) electrons. The summed E-state index contributed by atoms with van der Waals surface area (Å²) in [6, 6.07) is 21.6. The van der Waals surface area contributed by atoms with Gasteiger partial charge in [-0.2, -0.15) is 13.2 Å². The van der Waals surface area contributed by atoms with Crippen LogP contribution < -0.4 is 10.1 Å². The summed E-state index contributed by atoms with van der Waals surface area (Å²) < 4.78 is 49.0. The molecular weight excluding hydrogens is 521 g/mol. The first-order valence-corrected chi connectivity index (χ1v) is 11.6. The molecular formula is C27H22BrF3N2O2. The number of benzene rings is 3.